The normalized spacial score (nSPS) is 14.1. The van der Waals surface area contributed by atoms with Gasteiger partial charge < -0.3 is 9.88 Å². The summed E-state index contributed by atoms with van der Waals surface area (Å²) in [6.07, 6.45) is 4.56. The maximum absolute atomic E-state index is 10.9. The number of rotatable bonds is 5. The average molecular weight is 329 g/mol. The molecule has 1 aromatic carbocycles. The van der Waals surface area contributed by atoms with Crippen LogP contribution in [0.1, 0.15) is 36.6 Å². The van der Waals surface area contributed by atoms with Gasteiger partial charge in [-0.2, -0.15) is 0 Å². The fourth-order valence-corrected chi connectivity index (χ4v) is 3.94. The van der Waals surface area contributed by atoms with Crippen molar-refractivity contribution in [1.82, 2.24) is 9.88 Å². The van der Waals surface area contributed by atoms with Crippen LogP contribution in [-0.4, -0.2) is 17.0 Å². The number of carbonyl (C=O) groups is 1. The van der Waals surface area contributed by atoms with E-state index in [0.717, 1.165) is 23.5 Å². The summed E-state index contributed by atoms with van der Waals surface area (Å²) in [7, 11) is 0. The summed E-state index contributed by atoms with van der Waals surface area (Å²) in [6, 6.07) is 6.59. The summed E-state index contributed by atoms with van der Waals surface area (Å²) in [5.41, 5.74) is 5.20. The Kier molecular flexibility index (Phi) is 4.96. The first-order valence-electron chi connectivity index (χ1n) is 8.19. The van der Waals surface area contributed by atoms with Gasteiger partial charge in [-0.15, -0.1) is 11.3 Å². The van der Waals surface area contributed by atoms with Crippen molar-refractivity contribution < 1.29 is 4.79 Å². The van der Waals surface area contributed by atoms with Gasteiger partial charge in [-0.25, -0.2) is 4.99 Å². The molecule has 1 N–H and O–H groups in total. The third-order valence-electron chi connectivity index (χ3n) is 4.23. The Morgan fingerprint density at radius 3 is 3.00 bits per heavy atom. The molecule has 0 radical (unpaired) electrons. The Hall–Kier alpha value is -1.88. The van der Waals surface area contributed by atoms with E-state index in [9.17, 15) is 4.79 Å². The summed E-state index contributed by atoms with van der Waals surface area (Å²) in [6.45, 7) is 5.24. The highest BCUT2D eigenvalue weighted by atomic mass is 32.1. The highest BCUT2D eigenvalue weighted by Gasteiger charge is 2.10. The molecule has 0 unspecified atom stereocenters. The zero-order valence-electron chi connectivity index (χ0n) is 13.8. The molecule has 1 aliphatic carbocycles. The first-order chi connectivity index (χ1) is 11.1. The number of thiazole rings is 1. The maximum atomic E-state index is 10.9. The molecule has 0 spiro atoms. The topological polar surface area (TPSA) is 46.4 Å². The lowest BCUT2D eigenvalue weighted by Gasteiger charge is -2.07. The van der Waals surface area contributed by atoms with Crippen molar-refractivity contribution in [3.63, 3.8) is 0 Å². The second kappa shape index (κ2) is 7.13. The molecule has 0 saturated carbocycles. The minimum Gasteiger partial charge on any atom is -0.356 e. The number of benzene rings is 1. The molecule has 1 aliphatic rings. The summed E-state index contributed by atoms with van der Waals surface area (Å²) in [5.74, 6) is 0.0279. The second-order valence-electron chi connectivity index (χ2n) is 6.07. The van der Waals surface area contributed by atoms with Gasteiger partial charge in [-0.3, -0.25) is 4.79 Å². The highest BCUT2D eigenvalue weighted by Crippen LogP contribution is 2.26. The number of amides is 1. The summed E-state index contributed by atoms with van der Waals surface area (Å²) in [5, 5.41) is 4.99. The number of carbonyl (C=O) groups excluding carboxylic acids is 1. The summed E-state index contributed by atoms with van der Waals surface area (Å²) >= 11 is 1.68. The SMILES string of the molecule is CC(=O)NCCCn1c(C)csc1=Nc1ccc2c(c1)CCC2. The Balaban J connectivity index is 1.78. The van der Waals surface area contributed by atoms with Crippen LogP contribution in [0.4, 0.5) is 5.69 Å². The molecule has 1 aromatic heterocycles. The van der Waals surface area contributed by atoms with Gasteiger partial charge in [0.05, 0.1) is 5.69 Å². The van der Waals surface area contributed by atoms with Crippen LogP contribution in [0.3, 0.4) is 0 Å². The minimum atomic E-state index is 0.0279. The number of nitrogens with one attached hydrogen (secondary N) is 1. The van der Waals surface area contributed by atoms with Gasteiger partial charge in [0.15, 0.2) is 4.80 Å². The molecule has 0 bridgehead atoms. The molecule has 0 fully saturated rings. The monoisotopic (exact) mass is 329 g/mol. The van der Waals surface area contributed by atoms with Gasteiger partial charge in [0.2, 0.25) is 5.91 Å². The van der Waals surface area contributed by atoms with Crippen molar-refractivity contribution in [1.29, 1.82) is 0 Å². The van der Waals surface area contributed by atoms with Crippen molar-refractivity contribution in [3.8, 4) is 0 Å². The lowest BCUT2D eigenvalue weighted by Crippen LogP contribution is -2.24. The van der Waals surface area contributed by atoms with Crippen LogP contribution in [0, 0.1) is 6.92 Å². The van der Waals surface area contributed by atoms with Crippen molar-refractivity contribution in [2.75, 3.05) is 6.54 Å². The predicted octanol–water partition coefficient (Wildman–Crippen LogP) is 3.11. The van der Waals surface area contributed by atoms with E-state index in [4.69, 9.17) is 4.99 Å². The molecule has 23 heavy (non-hydrogen) atoms. The van der Waals surface area contributed by atoms with Gasteiger partial charge in [-0.1, -0.05) is 6.07 Å². The molecule has 122 valence electrons. The molecule has 1 amide bonds. The Morgan fingerprint density at radius 1 is 1.35 bits per heavy atom. The highest BCUT2D eigenvalue weighted by molar-refractivity contribution is 7.07. The van der Waals surface area contributed by atoms with Gasteiger partial charge in [-0.05, 0) is 55.9 Å². The van der Waals surface area contributed by atoms with E-state index in [1.165, 1.54) is 36.1 Å². The molecule has 0 aliphatic heterocycles. The van der Waals surface area contributed by atoms with Gasteiger partial charge in [0.1, 0.15) is 0 Å². The molecular weight excluding hydrogens is 306 g/mol. The third kappa shape index (κ3) is 3.91. The van der Waals surface area contributed by atoms with Crippen LogP contribution in [-0.2, 0) is 24.2 Å². The Bertz CT molecular complexity index is 773. The molecule has 5 heteroatoms. The van der Waals surface area contributed by atoms with E-state index in [1.807, 2.05) is 0 Å². The van der Waals surface area contributed by atoms with Crippen molar-refractivity contribution >= 4 is 22.9 Å². The van der Waals surface area contributed by atoms with Crippen molar-refractivity contribution in [2.24, 2.45) is 4.99 Å². The summed E-state index contributed by atoms with van der Waals surface area (Å²) < 4.78 is 2.24. The van der Waals surface area contributed by atoms with E-state index in [0.29, 0.717) is 6.54 Å². The van der Waals surface area contributed by atoms with Crippen molar-refractivity contribution in [3.05, 3.63) is 45.2 Å². The smallest absolute Gasteiger partial charge is 0.216 e. The van der Waals surface area contributed by atoms with Gasteiger partial charge in [0, 0.05) is 31.1 Å². The van der Waals surface area contributed by atoms with Crippen LogP contribution in [0.15, 0.2) is 28.6 Å². The first-order valence-corrected chi connectivity index (χ1v) is 9.07. The van der Waals surface area contributed by atoms with E-state index in [1.54, 1.807) is 18.3 Å². The van der Waals surface area contributed by atoms with E-state index >= 15 is 0 Å². The zero-order chi connectivity index (χ0) is 16.2. The van der Waals surface area contributed by atoms with Crippen LogP contribution >= 0.6 is 11.3 Å². The maximum Gasteiger partial charge on any atom is 0.216 e. The number of nitrogens with zero attached hydrogens (tertiary/aromatic N) is 2. The Morgan fingerprint density at radius 2 is 2.17 bits per heavy atom. The van der Waals surface area contributed by atoms with Crippen LogP contribution in [0.5, 0.6) is 0 Å². The van der Waals surface area contributed by atoms with Crippen molar-refractivity contribution in [2.45, 2.75) is 46.1 Å². The number of aromatic nitrogens is 1. The van der Waals surface area contributed by atoms with Crippen LogP contribution < -0.4 is 10.1 Å². The quantitative estimate of drug-likeness (QED) is 0.842. The second-order valence-corrected chi connectivity index (χ2v) is 6.90. The molecule has 1 heterocycles. The van der Waals surface area contributed by atoms with Gasteiger partial charge >= 0.3 is 0 Å². The molecule has 0 saturated heterocycles. The molecular formula is C18H23N3OS. The fourth-order valence-electron chi connectivity index (χ4n) is 3.01. The van der Waals surface area contributed by atoms with E-state index < -0.39 is 0 Å². The first kappa shape index (κ1) is 16.0. The molecule has 2 aromatic rings. The Labute approximate surface area is 140 Å². The molecule has 3 rings (SSSR count). The minimum absolute atomic E-state index is 0.0279. The molecule has 0 atom stereocenters. The zero-order valence-corrected chi connectivity index (χ0v) is 14.6. The predicted molar refractivity (Wildman–Crippen MR) is 94.0 cm³/mol. The number of fused-ring (bicyclic) bond motifs is 1. The molecule has 4 nitrogen and oxygen atoms in total. The number of hydrogen-bond donors (Lipinski definition) is 1. The lowest BCUT2D eigenvalue weighted by molar-refractivity contribution is -0.118. The van der Waals surface area contributed by atoms with E-state index in [-0.39, 0.29) is 5.91 Å². The van der Waals surface area contributed by atoms with Crippen LogP contribution in [0.2, 0.25) is 0 Å². The largest absolute Gasteiger partial charge is 0.356 e. The van der Waals surface area contributed by atoms with E-state index in [2.05, 4.69) is 40.4 Å². The third-order valence-corrected chi connectivity index (χ3v) is 5.21. The average Bonchev–Trinajstić information content (AvgIpc) is 3.11. The fraction of sp³-hybridized carbons (Fsp3) is 0.444. The summed E-state index contributed by atoms with van der Waals surface area (Å²) in [4.78, 5) is 16.8. The van der Waals surface area contributed by atoms with Gasteiger partial charge in [0.25, 0.3) is 0 Å². The number of hydrogen-bond acceptors (Lipinski definition) is 3. The lowest BCUT2D eigenvalue weighted by atomic mass is 10.1. The standard InChI is InChI=1S/C18H23N3OS/c1-13-12-23-18(21(13)10-4-9-19-14(2)22)20-17-8-7-15-5-3-6-16(15)11-17/h7-8,11-12H,3-6,9-10H2,1-2H3,(H,19,22). The van der Waals surface area contributed by atoms with Crippen LogP contribution in [0.25, 0.3) is 0 Å². The number of aryl methyl sites for hydroxylation is 3.